The molecule has 2 aromatic rings. The SMILES string of the molecule is COC(=O)C1=C(C)NC2=C(C(=O)C[C@H](c3ccccc3)C2)[C@@H]1c1ccc(OC)cc1OC. The van der Waals surface area contributed by atoms with Crippen molar-refractivity contribution in [2.24, 2.45) is 0 Å². The van der Waals surface area contributed by atoms with Gasteiger partial charge in [0, 0.05) is 35.0 Å². The predicted octanol–water partition coefficient (Wildman–Crippen LogP) is 4.24. The predicted molar refractivity (Wildman–Crippen MR) is 121 cm³/mol. The number of dihydropyridines is 1. The summed E-state index contributed by atoms with van der Waals surface area (Å²) in [6, 6.07) is 15.5. The van der Waals surface area contributed by atoms with Crippen molar-refractivity contribution in [2.45, 2.75) is 31.6 Å². The third kappa shape index (κ3) is 3.77. The van der Waals surface area contributed by atoms with E-state index in [1.54, 1.807) is 20.3 Å². The van der Waals surface area contributed by atoms with E-state index in [1.807, 2.05) is 37.3 Å². The molecule has 0 bridgehead atoms. The Kier molecular flexibility index (Phi) is 6.04. The van der Waals surface area contributed by atoms with Crippen LogP contribution in [0.25, 0.3) is 0 Å². The molecule has 0 amide bonds. The van der Waals surface area contributed by atoms with Crippen molar-refractivity contribution >= 4 is 11.8 Å². The maximum atomic E-state index is 13.5. The summed E-state index contributed by atoms with van der Waals surface area (Å²) in [6.45, 7) is 1.84. The van der Waals surface area contributed by atoms with Crippen LogP contribution in [0.15, 0.2) is 71.1 Å². The Morgan fingerprint density at radius 3 is 2.41 bits per heavy atom. The molecule has 0 aromatic heterocycles. The molecule has 6 nitrogen and oxygen atoms in total. The first-order valence-corrected chi connectivity index (χ1v) is 10.6. The van der Waals surface area contributed by atoms with Gasteiger partial charge in [-0.3, -0.25) is 4.79 Å². The third-order valence-electron chi connectivity index (χ3n) is 6.26. The average Bonchev–Trinajstić information content (AvgIpc) is 2.82. The Balaban J connectivity index is 1.86. The van der Waals surface area contributed by atoms with Crippen LogP contribution in [0.1, 0.15) is 42.7 Å². The van der Waals surface area contributed by atoms with Crippen molar-refractivity contribution in [3.8, 4) is 11.5 Å². The number of methoxy groups -OCH3 is 3. The molecule has 0 radical (unpaired) electrons. The number of Topliss-reactive ketones (excluding diaryl/α,β-unsaturated/α-hetero) is 1. The number of esters is 1. The molecule has 32 heavy (non-hydrogen) atoms. The Morgan fingerprint density at radius 2 is 1.75 bits per heavy atom. The van der Waals surface area contributed by atoms with Gasteiger partial charge in [-0.2, -0.15) is 0 Å². The highest BCUT2D eigenvalue weighted by molar-refractivity contribution is 6.04. The molecular formula is C26H27NO5. The fraction of sp³-hybridized carbons (Fsp3) is 0.308. The number of rotatable bonds is 5. The van der Waals surface area contributed by atoms with Crippen molar-refractivity contribution in [3.63, 3.8) is 0 Å². The maximum Gasteiger partial charge on any atom is 0.336 e. The minimum atomic E-state index is -0.580. The van der Waals surface area contributed by atoms with Crippen LogP contribution in [-0.4, -0.2) is 33.1 Å². The first kappa shape index (κ1) is 21.7. The highest BCUT2D eigenvalue weighted by atomic mass is 16.5. The van der Waals surface area contributed by atoms with E-state index in [4.69, 9.17) is 14.2 Å². The molecule has 4 rings (SSSR count). The summed E-state index contributed by atoms with van der Waals surface area (Å²) in [6.07, 6.45) is 1.07. The van der Waals surface area contributed by atoms with Crippen LogP contribution >= 0.6 is 0 Å². The van der Waals surface area contributed by atoms with Crippen LogP contribution in [0.5, 0.6) is 11.5 Å². The quantitative estimate of drug-likeness (QED) is 0.711. The molecule has 2 aromatic carbocycles. The molecule has 1 N–H and O–H groups in total. The summed E-state index contributed by atoms with van der Waals surface area (Å²) in [5.41, 5.74) is 4.41. The summed E-state index contributed by atoms with van der Waals surface area (Å²) in [5, 5.41) is 3.35. The van der Waals surface area contributed by atoms with Crippen molar-refractivity contribution in [1.82, 2.24) is 5.32 Å². The van der Waals surface area contributed by atoms with Gasteiger partial charge in [0.15, 0.2) is 5.78 Å². The van der Waals surface area contributed by atoms with E-state index in [-0.39, 0.29) is 11.7 Å². The zero-order valence-corrected chi connectivity index (χ0v) is 18.7. The summed E-state index contributed by atoms with van der Waals surface area (Å²) in [4.78, 5) is 26.4. The fourth-order valence-electron chi connectivity index (χ4n) is 4.75. The van der Waals surface area contributed by atoms with Crippen molar-refractivity contribution in [3.05, 3.63) is 82.2 Å². The van der Waals surface area contributed by atoms with Gasteiger partial charge in [0.1, 0.15) is 11.5 Å². The Labute approximate surface area is 187 Å². The lowest BCUT2D eigenvalue weighted by molar-refractivity contribution is -0.136. The minimum Gasteiger partial charge on any atom is -0.497 e. The topological polar surface area (TPSA) is 73.9 Å². The van der Waals surface area contributed by atoms with Crippen LogP contribution in [-0.2, 0) is 14.3 Å². The summed E-state index contributed by atoms with van der Waals surface area (Å²) < 4.78 is 16.1. The van der Waals surface area contributed by atoms with E-state index >= 15 is 0 Å². The van der Waals surface area contributed by atoms with Gasteiger partial charge in [-0.25, -0.2) is 4.79 Å². The minimum absolute atomic E-state index is 0.0179. The van der Waals surface area contributed by atoms with E-state index < -0.39 is 11.9 Å². The number of ether oxygens (including phenoxy) is 3. The second kappa shape index (κ2) is 8.91. The summed E-state index contributed by atoms with van der Waals surface area (Å²) >= 11 is 0. The highest BCUT2D eigenvalue weighted by Gasteiger charge is 2.42. The number of carbonyl (C=O) groups excluding carboxylic acids is 2. The van der Waals surface area contributed by atoms with Crippen LogP contribution in [0.4, 0.5) is 0 Å². The molecule has 0 unspecified atom stereocenters. The molecule has 0 saturated heterocycles. The molecule has 0 saturated carbocycles. The Bertz CT molecular complexity index is 1120. The Morgan fingerprint density at radius 1 is 1.00 bits per heavy atom. The van der Waals surface area contributed by atoms with Crippen LogP contribution in [0.3, 0.4) is 0 Å². The summed E-state index contributed by atoms with van der Waals surface area (Å²) in [7, 11) is 4.50. The van der Waals surface area contributed by atoms with E-state index in [1.165, 1.54) is 7.11 Å². The molecule has 0 fully saturated rings. The van der Waals surface area contributed by atoms with Gasteiger partial charge in [0.2, 0.25) is 0 Å². The number of allylic oxidation sites excluding steroid dienone is 3. The molecule has 6 heteroatoms. The van der Waals surface area contributed by atoms with Gasteiger partial charge in [-0.05, 0) is 30.9 Å². The van der Waals surface area contributed by atoms with Crippen LogP contribution in [0.2, 0.25) is 0 Å². The first-order chi connectivity index (χ1) is 15.5. The van der Waals surface area contributed by atoms with E-state index in [9.17, 15) is 9.59 Å². The first-order valence-electron chi connectivity index (χ1n) is 10.6. The zero-order chi connectivity index (χ0) is 22.8. The van der Waals surface area contributed by atoms with E-state index in [0.29, 0.717) is 41.2 Å². The number of benzene rings is 2. The number of hydrogen-bond acceptors (Lipinski definition) is 6. The molecule has 0 spiro atoms. The second-order valence-corrected chi connectivity index (χ2v) is 8.03. The largest absolute Gasteiger partial charge is 0.497 e. The van der Waals surface area contributed by atoms with Gasteiger partial charge in [-0.1, -0.05) is 36.4 Å². The lowest BCUT2D eigenvalue weighted by atomic mass is 9.71. The van der Waals surface area contributed by atoms with Crippen molar-refractivity contribution in [2.75, 3.05) is 21.3 Å². The van der Waals surface area contributed by atoms with Gasteiger partial charge >= 0.3 is 5.97 Å². The highest BCUT2D eigenvalue weighted by Crippen LogP contribution is 2.48. The van der Waals surface area contributed by atoms with Crippen molar-refractivity contribution < 1.29 is 23.8 Å². The molecule has 2 atom stereocenters. The lowest BCUT2D eigenvalue weighted by Gasteiger charge is -2.37. The van der Waals surface area contributed by atoms with E-state index in [2.05, 4.69) is 17.4 Å². The van der Waals surface area contributed by atoms with Crippen LogP contribution < -0.4 is 14.8 Å². The molecule has 1 aliphatic carbocycles. The number of carbonyl (C=O) groups is 2. The average molecular weight is 434 g/mol. The standard InChI is InChI=1S/C26H27NO5/c1-15-23(26(29)32-4)24(19-11-10-18(30-2)14-22(19)31-3)25-20(27-15)12-17(13-21(25)28)16-8-6-5-7-9-16/h5-11,14,17,24,27H,12-13H2,1-4H3/t17-,24-/m1/s1. The van der Waals surface area contributed by atoms with Gasteiger partial charge < -0.3 is 19.5 Å². The molecule has 166 valence electrons. The molecule has 1 aliphatic heterocycles. The van der Waals surface area contributed by atoms with E-state index in [0.717, 1.165) is 16.8 Å². The second-order valence-electron chi connectivity index (χ2n) is 8.03. The lowest BCUT2D eigenvalue weighted by Crippen LogP contribution is -2.36. The molecule has 1 heterocycles. The van der Waals surface area contributed by atoms with Crippen LogP contribution in [0, 0.1) is 0 Å². The van der Waals surface area contributed by atoms with Gasteiger partial charge in [0.05, 0.1) is 32.8 Å². The third-order valence-corrected chi connectivity index (χ3v) is 6.26. The van der Waals surface area contributed by atoms with Gasteiger partial charge in [0.25, 0.3) is 0 Å². The number of hydrogen-bond donors (Lipinski definition) is 1. The summed E-state index contributed by atoms with van der Waals surface area (Å²) in [5.74, 6) is 0.236. The van der Waals surface area contributed by atoms with Crippen molar-refractivity contribution in [1.29, 1.82) is 0 Å². The monoisotopic (exact) mass is 433 g/mol. The number of nitrogens with one attached hydrogen (secondary N) is 1. The normalized spacial score (nSPS) is 20.4. The maximum absolute atomic E-state index is 13.5. The smallest absolute Gasteiger partial charge is 0.336 e. The number of ketones is 1. The fourth-order valence-corrected chi connectivity index (χ4v) is 4.75. The van der Waals surface area contributed by atoms with Gasteiger partial charge in [-0.15, -0.1) is 0 Å². The zero-order valence-electron chi connectivity index (χ0n) is 18.7. The molecular weight excluding hydrogens is 406 g/mol. The molecule has 2 aliphatic rings. The Hall–Kier alpha value is -3.54.